The molecular weight excluding hydrogens is 376 g/mol. The highest BCUT2D eigenvalue weighted by Gasteiger charge is 2.17. The number of fused-ring (bicyclic) bond motifs is 1. The molecule has 0 radical (unpaired) electrons. The second kappa shape index (κ2) is 7.63. The van der Waals surface area contributed by atoms with Gasteiger partial charge < -0.3 is 10.3 Å². The van der Waals surface area contributed by atoms with Crippen LogP contribution in [0.5, 0.6) is 0 Å². The van der Waals surface area contributed by atoms with Crippen molar-refractivity contribution in [2.24, 2.45) is 0 Å². The molecule has 4 rings (SSSR count). The highest BCUT2D eigenvalue weighted by molar-refractivity contribution is 6.12. The van der Waals surface area contributed by atoms with Crippen LogP contribution < -0.4 is 10.7 Å². The minimum Gasteiger partial charge on any atom is -0.354 e. The summed E-state index contributed by atoms with van der Waals surface area (Å²) in [5.74, 6) is -0.446. The third kappa shape index (κ3) is 3.62. The molecule has 2 heterocycles. The number of rotatable bonds is 4. The molecule has 0 aliphatic heterocycles. The molecule has 0 saturated heterocycles. The fourth-order valence-electron chi connectivity index (χ4n) is 3.17. The molecule has 0 bridgehead atoms. The predicted octanol–water partition coefficient (Wildman–Crippen LogP) is 4.78. The molecule has 2 aromatic heterocycles. The summed E-state index contributed by atoms with van der Waals surface area (Å²) in [6, 6.07) is 15.3. The first-order valence-corrected chi connectivity index (χ1v) is 8.79. The van der Waals surface area contributed by atoms with Crippen LogP contribution in [-0.2, 0) is 0 Å². The molecule has 0 saturated carbocycles. The van der Waals surface area contributed by atoms with Crippen LogP contribution in [0, 0.1) is 0 Å². The van der Waals surface area contributed by atoms with Crippen molar-refractivity contribution in [3.8, 4) is 11.3 Å². The monoisotopic (exact) mass is 391 g/mol. The third-order valence-electron chi connectivity index (χ3n) is 4.52. The van der Waals surface area contributed by atoms with E-state index in [0.717, 1.165) is 0 Å². The van der Waals surface area contributed by atoms with Crippen LogP contribution in [0.1, 0.15) is 22.3 Å². The van der Waals surface area contributed by atoms with Gasteiger partial charge in [0, 0.05) is 28.8 Å². The Morgan fingerprint density at radius 2 is 1.86 bits per heavy atom. The number of anilines is 1. The van der Waals surface area contributed by atoms with Crippen LogP contribution in [0.3, 0.4) is 0 Å². The Labute approximate surface area is 164 Å². The molecule has 0 aliphatic rings. The van der Waals surface area contributed by atoms with Crippen LogP contribution in [0.2, 0.25) is 0 Å². The van der Waals surface area contributed by atoms with E-state index in [0.29, 0.717) is 11.1 Å². The predicted molar refractivity (Wildman–Crippen MR) is 107 cm³/mol. The van der Waals surface area contributed by atoms with Crippen LogP contribution in [-0.4, -0.2) is 15.9 Å². The van der Waals surface area contributed by atoms with Gasteiger partial charge in [-0.2, -0.15) is 0 Å². The lowest BCUT2D eigenvalue weighted by molar-refractivity contribution is 0.102. The van der Waals surface area contributed by atoms with E-state index in [1.165, 1.54) is 30.5 Å². The van der Waals surface area contributed by atoms with Crippen LogP contribution in [0.4, 0.5) is 14.5 Å². The maximum absolute atomic E-state index is 13.4. The van der Waals surface area contributed by atoms with Crippen LogP contribution in [0.25, 0.3) is 22.2 Å². The fraction of sp³-hybridized carbons (Fsp3) is 0.0455. The minimum absolute atomic E-state index is 0.195. The molecule has 4 aromatic rings. The number of amides is 1. The van der Waals surface area contributed by atoms with E-state index >= 15 is 0 Å². The van der Waals surface area contributed by atoms with Crippen LogP contribution in [0.15, 0.2) is 77.9 Å². The zero-order valence-electron chi connectivity index (χ0n) is 15.0. The number of aromatic amines is 1. The van der Waals surface area contributed by atoms with Crippen molar-refractivity contribution in [2.75, 3.05) is 5.32 Å². The van der Waals surface area contributed by atoms with Gasteiger partial charge in [0.15, 0.2) is 5.43 Å². The Hall–Kier alpha value is -3.87. The smallest absolute Gasteiger partial charge is 0.264 e. The average Bonchev–Trinajstić information content (AvgIpc) is 2.74. The molecule has 0 unspecified atom stereocenters. The standard InChI is InChI=1S/C22H15F2N3O2/c23-21(24)15-7-2-1-6-14(15)18-11-19(28)16-8-3-9-17(20(16)27-18)22(29)26-13-5-4-10-25-12-13/h1-12,21H,(H,26,29)(H,27,28). The maximum atomic E-state index is 13.4. The Balaban J connectivity index is 1.86. The Morgan fingerprint density at radius 1 is 1.03 bits per heavy atom. The number of nitrogens with one attached hydrogen (secondary N) is 2. The Kier molecular flexibility index (Phi) is 4.87. The number of aromatic nitrogens is 2. The van der Waals surface area contributed by atoms with Gasteiger partial charge in [0.1, 0.15) is 0 Å². The molecule has 7 heteroatoms. The number of carbonyl (C=O) groups excluding carboxylic acids is 1. The lowest BCUT2D eigenvalue weighted by Gasteiger charge is -2.12. The Bertz CT molecular complexity index is 1250. The molecule has 0 aliphatic carbocycles. The molecule has 2 aromatic carbocycles. The average molecular weight is 391 g/mol. The van der Waals surface area contributed by atoms with E-state index in [9.17, 15) is 18.4 Å². The third-order valence-corrected chi connectivity index (χ3v) is 4.52. The van der Waals surface area contributed by atoms with Gasteiger partial charge in [-0.05, 0) is 24.3 Å². The van der Waals surface area contributed by atoms with E-state index in [2.05, 4.69) is 15.3 Å². The second-order valence-corrected chi connectivity index (χ2v) is 6.36. The lowest BCUT2D eigenvalue weighted by Crippen LogP contribution is -2.15. The van der Waals surface area contributed by atoms with E-state index < -0.39 is 12.3 Å². The molecule has 0 fully saturated rings. The normalized spacial score (nSPS) is 11.0. The van der Waals surface area contributed by atoms with Crippen molar-refractivity contribution < 1.29 is 13.6 Å². The van der Waals surface area contributed by atoms with Gasteiger partial charge in [0.25, 0.3) is 12.3 Å². The molecule has 5 nitrogen and oxygen atoms in total. The molecular formula is C22H15F2N3O2. The quantitative estimate of drug-likeness (QED) is 0.526. The number of alkyl halides is 2. The molecule has 144 valence electrons. The van der Waals surface area contributed by atoms with Crippen molar-refractivity contribution in [3.63, 3.8) is 0 Å². The van der Waals surface area contributed by atoms with E-state index in [4.69, 9.17) is 0 Å². The highest BCUT2D eigenvalue weighted by atomic mass is 19.3. The largest absolute Gasteiger partial charge is 0.354 e. The summed E-state index contributed by atoms with van der Waals surface area (Å²) in [4.78, 5) is 32.4. The first-order valence-electron chi connectivity index (χ1n) is 8.79. The number of nitrogens with zero attached hydrogens (tertiary/aromatic N) is 1. The van der Waals surface area contributed by atoms with Gasteiger partial charge >= 0.3 is 0 Å². The van der Waals surface area contributed by atoms with Gasteiger partial charge in [-0.15, -0.1) is 0 Å². The lowest BCUT2D eigenvalue weighted by atomic mass is 10.0. The summed E-state index contributed by atoms with van der Waals surface area (Å²) >= 11 is 0. The van der Waals surface area contributed by atoms with Crippen molar-refractivity contribution in [2.45, 2.75) is 6.43 Å². The van der Waals surface area contributed by atoms with Gasteiger partial charge in [-0.3, -0.25) is 14.6 Å². The van der Waals surface area contributed by atoms with E-state index in [-0.39, 0.29) is 33.3 Å². The molecule has 2 N–H and O–H groups in total. The van der Waals surface area contributed by atoms with E-state index in [1.807, 2.05) is 0 Å². The van der Waals surface area contributed by atoms with Crippen molar-refractivity contribution in [1.82, 2.24) is 9.97 Å². The number of H-pyrrole nitrogens is 1. The molecule has 1 amide bonds. The number of hydrogen-bond acceptors (Lipinski definition) is 3. The number of pyridine rings is 2. The van der Waals surface area contributed by atoms with Gasteiger partial charge in [0.2, 0.25) is 0 Å². The first-order chi connectivity index (χ1) is 14.0. The van der Waals surface area contributed by atoms with Crippen LogP contribution >= 0.6 is 0 Å². The number of hydrogen-bond donors (Lipinski definition) is 2. The first kappa shape index (κ1) is 18.5. The summed E-state index contributed by atoms with van der Waals surface area (Å²) in [7, 11) is 0. The van der Waals surface area contributed by atoms with Crippen molar-refractivity contribution >= 4 is 22.5 Å². The second-order valence-electron chi connectivity index (χ2n) is 6.36. The summed E-state index contributed by atoms with van der Waals surface area (Å²) in [6.45, 7) is 0. The summed E-state index contributed by atoms with van der Waals surface area (Å²) in [5, 5.41) is 3.01. The molecule has 29 heavy (non-hydrogen) atoms. The topological polar surface area (TPSA) is 74.8 Å². The molecule has 0 atom stereocenters. The minimum atomic E-state index is -2.70. The summed E-state index contributed by atoms with van der Waals surface area (Å²) in [5.41, 5.74) is 0.869. The number of para-hydroxylation sites is 1. The Morgan fingerprint density at radius 3 is 2.62 bits per heavy atom. The van der Waals surface area contributed by atoms with Crippen molar-refractivity contribution in [3.05, 3.63) is 94.4 Å². The summed E-state index contributed by atoms with van der Waals surface area (Å²) < 4.78 is 26.8. The zero-order valence-corrected chi connectivity index (χ0v) is 15.0. The van der Waals surface area contributed by atoms with Gasteiger partial charge in [0.05, 0.1) is 28.7 Å². The zero-order chi connectivity index (χ0) is 20.4. The maximum Gasteiger partial charge on any atom is 0.264 e. The fourth-order valence-corrected chi connectivity index (χ4v) is 3.17. The van der Waals surface area contributed by atoms with Gasteiger partial charge in [-0.1, -0.05) is 30.3 Å². The van der Waals surface area contributed by atoms with Crippen molar-refractivity contribution in [1.29, 1.82) is 0 Å². The van der Waals surface area contributed by atoms with Gasteiger partial charge in [-0.25, -0.2) is 8.78 Å². The number of halogens is 2. The van der Waals surface area contributed by atoms with E-state index in [1.54, 1.807) is 42.6 Å². The number of carbonyl (C=O) groups is 1. The highest BCUT2D eigenvalue weighted by Crippen LogP contribution is 2.30. The SMILES string of the molecule is O=C(Nc1cccnc1)c1cccc2c(=O)cc(-c3ccccc3C(F)F)[nH]c12. The molecule has 0 spiro atoms. The summed E-state index contributed by atoms with van der Waals surface area (Å²) in [6.07, 6.45) is 0.378. The number of benzene rings is 2.